The Bertz CT molecular complexity index is 418. The molecule has 0 aliphatic carbocycles. The van der Waals surface area contributed by atoms with Gasteiger partial charge in [-0.05, 0) is 24.5 Å². The number of hydrogen-bond acceptors (Lipinski definition) is 3. The monoisotopic (exact) mass is 264 g/mol. The van der Waals surface area contributed by atoms with Gasteiger partial charge in [0.1, 0.15) is 0 Å². The average molecular weight is 264 g/mol. The summed E-state index contributed by atoms with van der Waals surface area (Å²) in [5.74, 6) is -0.941. The van der Waals surface area contributed by atoms with E-state index in [-0.39, 0.29) is 24.3 Å². The molecular formula is C14H20N2O3. The van der Waals surface area contributed by atoms with Crippen molar-refractivity contribution in [2.45, 2.75) is 39.2 Å². The van der Waals surface area contributed by atoms with Gasteiger partial charge in [0.05, 0.1) is 6.42 Å². The number of carboxylic acid groups (broad SMARTS) is 1. The third-order valence-electron chi connectivity index (χ3n) is 2.88. The van der Waals surface area contributed by atoms with E-state index >= 15 is 0 Å². The fraction of sp³-hybridized carbons (Fsp3) is 0.500. The maximum absolute atomic E-state index is 11.8. The molecular weight excluding hydrogens is 244 g/mol. The fourth-order valence-electron chi connectivity index (χ4n) is 1.71. The summed E-state index contributed by atoms with van der Waals surface area (Å²) in [6, 6.07) is 5.24. The van der Waals surface area contributed by atoms with Crippen LogP contribution in [0.2, 0.25) is 0 Å². The quantitative estimate of drug-likeness (QED) is 0.784. The zero-order valence-electron chi connectivity index (χ0n) is 11.3. The molecule has 1 atom stereocenters. The Hall–Kier alpha value is -1.91. The Labute approximate surface area is 113 Å². The van der Waals surface area contributed by atoms with Crippen LogP contribution in [-0.4, -0.2) is 28.0 Å². The van der Waals surface area contributed by atoms with Crippen molar-refractivity contribution >= 4 is 11.9 Å². The van der Waals surface area contributed by atoms with Crippen LogP contribution in [0.25, 0.3) is 0 Å². The molecule has 0 aromatic carbocycles. The number of nitrogens with one attached hydrogen (secondary N) is 1. The molecule has 0 aliphatic heterocycles. The Balaban J connectivity index is 2.42. The summed E-state index contributed by atoms with van der Waals surface area (Å²) in [4.78, 5) is 26.6. The molecule has 0 saturated heterocycles. The molecule has 0 radical (unpaired) electrons. The zero-order valence-corrected chi connectivity index (χ0v) is 11.3. The molecule has 1 unspecified atom stereocenters. The van der Waals surface area contributed by atoms with Gasteiger partial charge in [0.25, 0.3) is 0 Å². The van der Waals surface area contributed by atoms with E-state index in [0.717, 1.165) is 5.69 Å². The van der Waals surface area contributed by atoms with Crippen LogP contribution in [0.15, 0.2) is 24.4 Å². The first kappa shape index (κ1) is 15.1. The summed E-state index contributed by atoms with van der Waals surface area (Å²) < 4.78 is 0. The number of carboxylic acids is 1. The van der Waals surface area contributed by atoms with E-state index in [0.29, 0.717) is 12.8 Å². The average Bonchev–Trinajstić information content (AvgIpc) is 2.36. The molecule has 5 heteroatoms. The summed E-state index contributed by atoms with van der Waals surface area (Å²) in [7, 11) is 0. The van der Waals surface area contributed by atoms with Gasteiger partial charge in [-0.3, -0.25) is 14.6 Å². The second-order valence-corrected chi connectivity index (χ2v) is 4.84. The fourth-order valence-corrected chi connectivity index (χ4v) is 1.71. The molecule has 104 valence electrons. The van der Waals surface area contributed by atoms with Gasteiger partial charge in [-0.25, -0.2) is 0 Å². The zero-order chi connectivity index (χ0) is 14.3. The van der Waals surface area contributed by atoms with Crippen LogP contribution in [-0.2, 0) is 16.0 Å². The molecule has 0 fully saturated rings. The van der Waals surface area contributed by atoms with Gasteiger partial charge in [-0.2, -0.15) is 0 Å². The molecule has 1 aromatic rings. The number of hydrogen-bond donors (Lipinski definition) is 2. The van der Waals surface area contributed by atoms with E-state index in [4.69, 9.17) is 5.11 Å². The molecule has 1 amide bonds. The lowest BCUT2D eigenvalue weighted by atomic mass is 10.0. The number of aryl methyl sites for hydroxylation is 1. The normalized spacial score (nSPS) is 12.2. The van der Waals surface area contributed by atoms with Crippen molar-refractivity contribution in [2.75, 3.05) is 0 Å². The number of aromatic nitrogens is 1. The van der Waals surface area contributed by atoms with E-state index in [1.54, 1.807) is 6.20 Å². The van der Waals surface area contributed by atoms with Crippen LogP contribution in [0, 0.1) is 5.92 Å². The number of rotatable bonds is 7. The minimum atomic E-state index is -0.899. The Morgan fingerprint density at radius 3 is 2.63 bits per heavy atom. The van der Waals surface area contributed by atoms with Crippen molar-refractivity contribution in [2.24, 2.45) is 5.92 Å². The van der Waals surface area contributed by atoms with Gasteiger partial charge in [0, 0.05) is 24.4 Å². The van der Waals surface area contributed by atoms with Crippen LogP contribution in [0.4, 0.5) is 0 Å². The maximum atomic E-state index is 11.8. The van der Waals surface area contributed by atoms with E-state index in [9.17, 15) is 9.59 Å². The standard InChI is InChI=1S/C14H20N2O3/c1-10(2)12(9-14(18)19)16-13(17)7-6-11-5-3-4-8-15-11/h3-5,8,10,12H,6-7,9H2,1-2H3,(H,16,17)(H,18,19). The number of amides is 1. The first-order chi connectivity index (χ1) is 8.99. The third kappa shape index (κ3) is 5.99. The van der Waals surface area contributed by atoms with Crippen molar-refractivity contribution < 1.29 is 14.7 Å². The van der Waals surface area contributed by atoms with Crippen LogP contribution in [0.3, 0.4) is 0 Å². The minimum Gasteiger partial charge on any atom is -0.481 e. The van der Waals surface area contributed by atoms with Crippen molar-refractivity contribution in [3.8, 4) is 0 Å². The number of pyridine rings is 1. The highest BCUT2D eigenvalue weighted by molar-refractivity contribution is 5.77. The minimum absolute atomic E-state index is 0.0486. The summed E-state index contributed by atoms with van der Waals surface area (Å²) in [5.41, 5.74) is 0.858. The third-order valence-corrected chi connectivity index (χ3v) is 2.88. The largest absolute Gasteiger partial charge is 0.481 e. The van der Waals surface area contributed by atoms with Crippen LogP contribution in [0.5, 0.6) is 0 Å². The van der Waals surface area contributed by atoms with E-state index in [1.165, 1.54) is 0 Å². The van der Waals surface area contributed by atoms with Gasteiger partial charge >= 0.3 is 5.97 Å². The first-order valence-electron chi connectivity index (χ1n) is 6.40. The lowest BCUT2D eigenvalue weighted by Crippen LogP contribution is -2.40. The van der Waals surface area contributed by atoms with Crippen molar-refractivity contribution in [3.05, 3.63) is 30.1 Å². The second kappa shape index (κ2) is 7.51. The highest BCUT2D eigenvalue weighted by atomic mass is 16.4. The Kier molecular flexibility index (Phi) is 5.99. The van der Waals surface area contributed by atoms with Gasteiger partial charge in [-0.15, -0.1) is 0 Å². The molecule has 1 rings (SSSR count). The van der Waals surface area contributed by atoms with Crippen LogP contribution < -0.4 is 5.32 Å². The highest BCUT2D eigenvalue weighted by Crippen LogP contribution is 2.07. The molecule has 0 saturated carbocycles. The predicted octanol–water partition coefficient (Wildman–Crippen LogP) is 1.63. The summed E-state index contributed by atoms with van der Waals surface area (Å²) >= 11 is 0. The lowest BCUT2D eigenvalue weighted by molar-refractivity contribution is -0.138. The molecule has 2 N–H and O–H groups in total. The molecule has 0 aliphatic rings. The number of nitrogens with zero attached hydrogens (tertiary/aromatic N) is 1. The Morgan fingerprint density at radius 1 is 1.37 bits per heavy atom. The van der Waals surface area contributed by atoms with Gasteiger partial charge in [0.15, 0.2) is 0 Å². The topological polar surface area (TPSA) is 79.3 Å². The molecule has 5 nitrogen and oxygen atoms in total. The van der Waals surface area contributed by atoms with Gasteiger partial charge in [-0.1, -0.05) is 19.9 Å². The van der Waals surface area contributed by atoms with Crippen molar-refractivity contribution in [1.82, 2.24) is 10.3 Å². The number of aliphatic carboxylic acids is 1. The Morgan fingerprint density at radius 2 is 2.11 bits per heavy atom. The summed E-state index contributed by atoms with van der Waals surface area (Å²) in [6.45, 7) is 3.79. The molecule has 1 heterocycles. The maximum Gasteiger partial charge on any atom is 0.305 e. The smallest absolute Gasteiger partial charge is 0.305 e. The lowest BCUT2D eigenvalue weighted by Gasteiger charge is -2.20. The van der Waals surface area contributed by atoms with E-state index in [1.807, 2.05) is 32.0 Å². The number of carbonyl (C=O) groups is 2. The van der Waals surface area contributed by atoms with Gasteiger partial charge in [0.2, 0.25) is 5.91 Å². The van der Waals surface area contributed by atoms with E-state index < -0.39 is 5.97 Å². The number of carbonyl (C=O) groups excluding carboxylic acids is 1. The molecule has 0 spiro atoms. The van der Waals surface area contributed by atoms with E-state index in [2.05, 4.69) is 10.3 Å². The summed E-state index contributed by atoms with van der Waals surface area (Å²) in [6.07, 6.45) is 2.52. The molecule has 1 aromatic heterocycles. The van der Waals surface area contributed by atoms with Gasteiger partial charge < -0.3 is 10.4 Å². The highest BCUT2D eigenvalue weighted by Gasteiger charge is 2.19. The SMILES string of the molecule is CC(C)C(CC(=O)O)NC(=O)CCc1ccccn1. The molecule has 19 heavy (non-hydrogen) atoms. The molecule has 0 bridgehead atoms. The second-order valence-electron chi connectivity index (χ2n) is 4.84. The van der Waals surface area contributed by atoms with Crippen molar-refractivity contribution in [3.63, 3.8) is 0 Å². The van der Waals surface area contributed by atoms with Crippen LogP contribution in [0.1, 0.15) is 32.4 Å². The summed E-state index contributed by atoms with van der Waals surface area (Å²) in [5, 5.41) is 11.6. The predicted molar refractivity (Wildman–Crippen MR) is 71.6 cm³/mol. The van der Waals surface area contributed by atoms with Crippen LogP contribution >= 0.6 is 0 Å². The first-order valence-corrected chi connectivity index (χ1v) is 6.40. The van der Waals surface area contributed by atoms with Crippen molar-refractivity contribution in [1.29, 1.82) is 0 Å².